The number of aryl methyl sites for hydroxylation is 1. The van der Waals surface area contributed by atoms with Crippen molar-refractivity contribution in [1.82, 2.24) is 4.72 Å². The van der Waals surface area contributed by atoms with Gasteiger partial charge in [0, 0.05) is 33.4 Å². The minimum atomic E-state index is -3.56. The first-order chi connectivity index (χ1) is 8.38. The van der Waals surface area contributed by atoms with Gasteiger partial charge in [-0.15, -0.1) is 0 Å². The van der Waals surface area contributed by atoms with E-state index in [-0.39, 0.29) is 10.9 Å². The standard InChI is InChI=1S/C11H14ClNO3S2/c1-8-6-9(12)2-3-11(8)18(15,16)13-10-4-5-17(14)7-10/h2-3,6,10,13H,4-5,7H2,1H3. The van der Waals surface area contributed by atoms with E-state index in [4.69, 9.17) is 11.6 Å². The van der Waals surface area contributed by atoms with E-state index in [1.165, 1.54) is 6.07 Å². The van der Waals surface area contributed by atoms with Crippen molar-refractivity contribution < 1.29 is 12.6 Å². The van der Waals surface area contributed by atoms with E-state index in [9.17, 15) is 12.6 Å². The number of hydrogen-bond donors (Lipinski definition) is 1. The van der Waals surface area contributed by atoms with E-state index in [1.54, 1.807) is 19.1 Å². The molecule has 7 heteroatoms. The van der Waals surface area contributed by atoms with Gasteiger partial charge in [-0.05, 0) is 37.1 Å². The second-order valence-electron chi connectivity index (χ2n) is 4.33. The van der Waals surface area contributed by atoms with Gasteiger partial charge in [-0.3, -0.25) is 4.21 Å². The summed E-state index contributed by atoms with van der Waals surface area (Å²) in [6, 6.07) is 4.43. The van der Waals surface area contributed by atoms with Crippen LogP contribution in [0.15, 0.2) is 23.1 Å². The van der Waals surface area contributed by atoms with Crippen LogP contribution in [0.25, 0.3) is 0 Å². The Morgan fingerprint density at radius 2 is 2.17 bits per heavy atom. The molecule has 1 aliphatic heterocycles. The van der Waals surface area contributed by atoms with Crippen LogP contribution in [-0.4, -0.2) is 30.2 Å². The van der Waals surface area contributed by atoms with Crippen molar-refractivity contribution in [2.24, 2.45) is 0 Å². The molecule has 0 saturated carbocycles. The number of benzene rings is 1. The number of hydrogen-bond acceptors (Lipinski definition) is 3. The molecule has 1 heterocycles. The summed E-state index contributed by atoms with van der Waals surface area (Å²) in [4.78, 5) is 0.226. The van der Waals surface area contributed by atoms with Gasteiger partial charge in [-0.1, -0.05) is 11.6 Å². The summed E-state index contributed by atoms with van der Waals surface area (Å²) in [5, 5.41) is 0.508. The molecule has 18 heavy (non-hydrogen) atoms. The van der Waals surface area contributed by atoms with Crippen molar-refractivity contribution in [3.8, 4) is 0 Å². The summed E-state index contributed by atoms with van der Waals surface area (Å²) in [6.45, 7) is 1.70. The lowest BCUT2D eigenvalue weighted by molar-refractivity contribution is 0.562. The summed E-state index contributed by atoms with van der Waals surface area (Å²) < 4.78 is 38.2. The number of halogens is 1. The lowest BCUT2D eigenvalue weighted by atomic mass is 10.2. The second kappa shape index (κ2) is 5.28. The Hall–Kier alpha value is -0.430. The third-order valence-corrected chi connectivity index (χ3v) is 6.21. The number of sulfonamides is 1. The molecule has 0 radical (unpaired) electrons. The average molecular weight is 308 g/mol. The molecule has 1 fully saturated rings. The molecule has 0 aromatic heterocycles. The Morgan fingerprint density at radius 3 is 2.72 bits per heavy atom. The zero-order chi connectivity index (χ0) is 13.3. The molecule has 1 aromatic rings. The van der Waals surface area contributed by atoms with Gasteiger partial charge in [-0.2, -0.15) is 0 Å². The third kappa shape index (κ3) is 3.12. The van der Waals surface area contributed by atoms with E-state index in [0.717, 1.165) is 0 Å². The van der Waals surface area contributed by atoms with Crippen LogP contribution in [-0.2, 0) is 20.8 Å². The zero-order valence-corrected chi connectivity index (χ0v) is 12.2. The molecule has 1 aromatic carbocycles. The van der Waals surface area contributed by atoms with Gasteiger partial charge in [0.2, 0.25) is 10.0 Å². The summed E-state index contributed by atoms with van der Waals surface area (Å²) in [7, 11) is -4.46. The van der Waals surface area contributed by atoms with Gasteiger partial charge in [0.1, 0.15) is 0 Å². The maximum absolute atomic E-state index is 12.2. The molecule has 0 spiro atoms. The highest BCUT2D eigenvalue weighted by atomic mass is 35.5. The highest BCUT2D eigenvalue weighted by Crippen LogP contribution is 2.20. The first-order valence-corrected chi connectivity index (χ1v) is 8.87. The molecule has 2 rings (SSSR count). The predicted molar refractivity (Wildman–Crippen MR) is 72.8 cm³/mol. The molecule has 0 bridgehead atoms. The Morgan fingerprint density at radius 1 is 1.44 bits per heavy atom. The summed E-state index contributed by atoms with van der Waals surface area (Å²) in [5.41, 5.74) is 0.606. The third-order valence-electron chi connectivity index (χ3n) is 2.83. The Kier molecular flexibility index (Phi) is 4.11. The number of nitrogens with one attached hydrogen (secondary N) is 1. The largest absolute Gasteiger partial charge is 0.260 e. The number of rotatable bonds is 3. The molecule has 0 amide bonds. The fourth-order valence-corrected chi connectivity index (χ4v) is 5.20. The molecule has 1 aliphatic rings. The van der Waals surface area contributed by atoms with Crippen LogP contribution >= 0.6 is 11.6 Å². The van der Waals surface area contributed by atoms with E-state index in [0.29, 0.717) is 28.5 Å². The van der Waals surface area contributed by atoms with E-state index < -0.39 is 20.8 Å². The van der Waals surface area contributed by atoms with Crippen LogP contribution in [0.5, 0.6) is 0 Å². The normalized spacial score (nSPS) is 24.3. The quantitative estimate of drug-likeness (QED) is 0.919. The van der Waals surface area contributed by atoms with Gasteiger partial charge in [0.15, 0.2) is 0 Å². The first-order valence-electron chi connectivity index (χ1n) is 5.52. The fourth-order valence-electron chi connectivity index (χ4n) is 1.95. The zero-order valence-electron chi connectivity index (χ0n) is 9.85. The Labute approximate surface area is 114 Å². The molecule has 4 nitrogen and oxygen atoms in total. The van der Waals surface area contributed by atoms with Gasteiger partial charge in [0.25, 0.3) is 0 Å². The molecule has 2 atom stereocenters. The minimum absolute atomic E-state index is 0.226. The van der Waals surface area contributed by atoms with E-state index >= 15 is 0 Å². The van der Waals surface area contributed by atoms with Crippen LogP contribution in [0.4, 0.5) is 0 Å². The van der Waals surface area contributed by atoms with Crippen molar-refractivity contribution in [3.05, 3.63) is 28.8 Å². The van der Waals surface area contributed by atoms with Crippen molar-refractivity contribution in [2.45, 2.75) is 24.3 Å². The highest BCUT2D eigenvalue weighted by Gasteiger charge is 2.27. The van der Waals surface area contributed by atoms with Crippen LogP contribution in [0, 0.1) is 6.92 Å². The molecule has 2 unspecified atom stereocenters. The van der Waals surface area contributed by atoms with E-state index in [1.807, 2.05) is 0 Å². The topological polar surface area (TPSA) is 63.2 Å². The van der Waals surface area contributed by atoms with Crippen LogP contribution < -0.4 is 4.72 Å². The van der Waals surface area contributed by atoms with Gasteiger partial charge in [-0.25, -0.2) is 13.1 Å². The average Bonchev–Trinajstić information content (AvgIpc) is 2.62. The predicted octanol–water partition coefficient (Wildman–Crippen LogP) is 1.45. The summed E-state index contributed by atoms with van der Waals surface area (Å²) in [6.07, 6.45) is 0.623. The monoisotopic (exact) mass is 307 g/mol. The second-order valence-corrected chi connectivity index (χ2v) is 8.07. The first kappa shape index (κ1) is 14.0. The molecular weight excluding hydrogens is 294 g/mol. The molecule has 100 valence electrons. The van der Waals surface area contributed by atoms with Gasteiger partial charge in [0.05, 0.1) is 4.90 Å². The molecule has 0 aliphatic carbocycles. The van der Waals surface area contributed by atoms with Gasteiger partial charge >= 0.3 is 0 Å². The van der Waals surface area contributed by atoms with Crippen molar-refractivity contribution in [1.29, 1.82) is 0 Å². The van der Waals surface area contributed by atoms with Crippen molar-refractivity contribution >= 4 is 32.4 Å². The SMILES string of the molecule is Cc1cc(Cl)ccc1S(=O)(=O)NC1CCS(=O)C1. The van der Waals surface area contributed by atoms with Gasteiger partial charge < -0.3 is 0 Å². The maximum Gasteiger partial charge on any atom is 0.241 e. The smallest absolute Gasteiger partial charge is 0.241 e. The summed E-state index contributed by atoms with van der Waals surface area (Å²) >= 11 is 5.80. The van der Waals surface area contributed by atoms with Crippen LogP contribution in [0.2, 0.25) is 5.02 Å². The molecular formula is C11H14ClNO3S2. The Bertz CT molecular complexity index is 586. The Balaban J connectivity index is 2.23. The molecule has 1 saturated heterocycles. The summed E-state index contributed by atoms with van der Waals surface area (Å²) in [5.74, 6) is 0.957. The van der Waals surface area contributed by atoms with Crippen LogP contribution in [0.3, 0.4) is 0 Å². The lowest BCUT2D eigenvalue weighted by Gasteiger charge is -2.13. The fraction of sp³-hybridized carbons (Fsp3) is 0.455. The van der Waals surface area contributed by atoms with Crippen molar-refractivity contribution in [3.63, 3.8) is 0 Å². The maximum atomic E-state index is 12.2. The van der Waals surface area contributed by atoms with Crippen molar-refractivity contribution in [2.75, 3.05) is 11.5 Å². The van der Waals surface area contributed by atoms with E-state index in [2.05, 4.69) is 4.72 Å². The lowest BCUT2D eigenvalue weighted by Crippen LogP contribution is -2.35. The highest BCUT2D eigenvalue weighted by molar-refractivity contribution is 7.89. The minimum Gasteiger partial charge on any atom is -0.260 e. The van der Waals surface area contributed by atoms with Crippen LogP contribution in [0.1, 0.15) is 12.0 Å². The molecule has 1 N–H and O–H groups in total.